The molecule has 0 aliphatic carbocycles. The normalized spacial score (nSPS) is 13.2. The van der Waals surface area contributed by atoms with Crippen molar-refractivity contribution in [1.82, 2.24) is 9.78 Å². The highest BCUT2D eigenvalue weighted by molar-refractivity contribution is 5.99. The first-order valence-electron chi connectivity index (χ1n) is 7.81. The van der Waals surface area contributed by atoms with Crippen LogP contribution in [0.15, 0.2) is 60.9 Å². The number of carbonyl (C=O) groups excluding carboxylic acids is 1. The maximum atomic E-state index is 11.8. The molecule has 2 aromatic carbocycles. The fourth-order valence-corrected chi connectivity index (χ4v) is 2.65. The van der Waals surface area contributed by atoms with Crippen LogP contribution in [0, 0.1) is 0 Å². The molecule has 0 fully saturated rings. The topological polar surface area (TPSA) is 53.4 Å². The van der Waals surface area contributed by atoms with Crippen LogP contribution in [0.2, 0.25) is 0 Å². The molecule has 120 valence electrons. The molecule has 5 heteroatoms. The van der Waals surface area contributed by atoms with Crippen LogP contribution in [0.3, 0.4) is 0 Å². The number of para-hydroxylation sites is 1. The van der Waals surface area contributed by atoms with Gasteiger partial charge in [0.15, 0.2) is 5.78 Å². The zero-order valence-corrected chi connectivity index (χ0v) is 13.0. The number of hydrogen-bond acceptors (Lipinski definition) is 4. The lowest BCUT2D eigenvalue weighted by molar-refractivity contribution is 0.0933. The zero-order chi connectivity index (χ0) is 16.4. The largest absolute Gasteiger partial charge is 0.492 e. The van der Waals surface area contributed by atoms with Crippen LogP contribution < -0.4 is 9.47 Å². The Hall–Kier alpha value is -3.08. The molecule has 0 N–H and O–H groups in total. The minimum atomic E-state index is 0.118. The van der Waals surface area contributed by atoms with Crippen molar-refractivity contribution in [2.75, 3.05) is 6.61 Å². The Morgan fingerprint density at radius 2 is 2.04 bits per heavy atom. The van der Waals surface area contributed by atoms with E-state index in [-0.39, 0.29) is 5.78 Å². The highest BCUT2D eigenvalue weighted by Crippen LogP contribution is 2.29. The molecule has 1 aliphatic heterocycles. The Balaban J connectivity index is 1.46. The summed E-state index contributed by atoms with van der Waals surface area (Å²) in [5, 5.41) is 4.35. The molecular formula is C19H16N2O3. The van der Waals surface area contributed by atoms with Crippen molar-refractivity contribution < 1.29 is 14.3 Å². The number of Topliss-reactive ketones (excluding diaryl/α,β-unsaturated/α-hetero) is 1. The molecule has 1 aliphatic rings. The van der Waals surface area contributed by atoms with Gasteiger partial charge in [-0.1, -0.05) is 18.2 Å². The fraction of sp³-hybridized carbons (Fsp3) is 0.158. The molecular weight excluding hydrogens is 304 g/mol. The van der Waals surface area contributed by atoms with Crippen LogP contribution in [0.1, 0.15) is 22.3 Å². The number of fused-ring (bicyclic) bond motifs is 1. The molecule has 0 atom stereocenters. The highest BCUT2D eigenvalue weighted by Gasteiger charge is 2.18. The Morgan fingerprint density at radius 3 is 2.92 bits per heavy atom. The third-order valence-electron chi connectivity index (χ3n) is 3.90. The van der Waals surface area contributed by atoms with Gasteiger partial charge < -0.3 is 9.47 Å². The summed E-state index contributed by atoms with van der Waals surface area (Å²) in [6, 6.07) is 15.2. The van der Waals surface area contributed by atoms with E-state index in [1.807, 2.05) is 41.2 Å². The third-order valence-corrected chi connectivity index (χ3v) is 3.90. The Kier molecular flexibility index (Phi) is 3.75. The number of ether oxygens (including phenoxy) is 2. The number of nitrogens with zero attached hydrogens (tertiary/aromatic N) is 2. The smallest absolute Gasteiger partial charge is 0.169 e. The van der Waals surface area contributed by atoms with Gasteiger partial charge in [0.2, 0.25) is 0 Å². The lowest BCUT2D eigenvalue weighted by Gasteiger charge is -2.17. The minimum absolute atomic E-state index is 0.118. The van der Waals surface area contributed by atoms with Crippen molar-refractivity contribution in [3.05, 3.63) is 72.1 Å². The van der Waals surface area contributed by atoms with Gasteiger partial charge in [-0.25, -0.2) is 4.68 Å². The lowest BCUT2D eigenvalue weighted by atomic mass is 10.1. The molecule has 2 heterocycles. The van der Waals surface area contributed by atoms with E-state index in [1.165, 1.54) is 0 Å². The maximum Gasteiger partial charge on any atom is 0.169 e. The van der Waals surface area contributed by atoms with E-state index in [2.05, 4.69) is 5.10 Å². The van der Waals surface area contributed by atoms with Crippen LogP contribution in [-0.2, 0) is 6.61 Å². The number of ketones is 1. The highest BCUT2D eigenvalue weighted by atomic mass is 16.5. The van der Waals surface area contributed by atoms with Gasteiger partial charge in [-0.15, -0.1) is 0 Å². The summed E-state index contributed by atoms with van der Waals surface area (Å²) >= 11 is 0. The molecule has 4 rings (SSSR count). The summed E-state index contributed by atoms with van der Waals surface area (Å²) in [6.07, 6.45) is 4.16. The monoisotopic (exact) mass is 320 g/mol. The molecule has 0 amide bonds. The second kappa shape index (κ2) is 6.20. The SMILES string of the molecule is O=C1CCOc2cc(OCc3cnn(-c4ccccc4)c3)ccc21. The Morgan fingerprint density at radius 1 is 1.17 bits per heavy atom. The molecule has 0 bridgehead atoms. The van der Waals surface area contributed by atoms with Crippen molar-refractivity contribution in [3.8, 4) is 17.2 Å². The van der Waals surface area contributed by atoms with Crippen LogP contribution in [0.4, 0.5) is 0 Å². The van der Waals surface area contributed by atoms with Crippen LogP contribution in [0.5, 0.6) is 11.5 Å². The molecule has 0 spiro atoms. The molecule has 1 aromatic heterocycles. The summed E-state index contributed by atoms with van der Waals surface area (Å²) in [4.78, 5) is 11.8. The second-order valence-electron chi connectivity index (χ2n) is 5.60. The van der Waals surface area contributed by atoms with Crippen molar-refractivity contribution in [2.45, 2.75) is 13.0 Å². The van der Waals surface area contributed by atoms with Gasteiger partial charge in [0.25, 0.3) is 0 Å². The maximum absolute atomic E-state index is 11.8. The van der Waals surface area contributed by atoms with Gasteiger partial charge in [-0.2, -0.15) is 5.10 Å². The fourth-order valence-electron chi connectivity index (χ4n) is 2.65. The average molecular weight is 320 g/mol. The van der Waals surface area contributed by atoms with Gasteiger partial charge >= 0.3 is 0 Å². The first-order valence-corrected chi connectivity index (χ1v) is 7.81. The van der Waals surface area contributed by atoms with E-state index >= 15 is 0 Å². The quantitative estimate of drug-likeness (QED) is 0.739. The molecule has 0 saturated carbocycles. The number of aromatic nitrogens is 2. The zero-order valence-electron chi connectivity index (χ0n) is 13.0. The van der Waals surface area contributed by atoms with E-state index in [4.69, 9.17) is 9.47 Å². The Bertz CT molecular complexity index is 871. The molecule has 5 nitrogen and oxygen atoms in total. The summed E-state index contributed by atoms with van der Waals surface area (Å²) in [7, 11) is 0. The first kappa shape index (κ1) is 14.5. The summed E-state index contributed by atoms with van der Waals surface area (Å²) in [5.41, 5.74) is 2.60. The van der Waals surface area contributed by atoms with Gasteiger partial charge in [-0.05, 0) is 24.3 Å². The second-order valence-corrected chi connectivity index (χ2v) is 5.60. The predicted molar refractivity (Wildman–Crippen MR) is 88.8 cm³/mol. The molecule has 24 heavy (non-hydrogen) atoms. The third kappa shape index (κ3) is 2.88. The Labute approximate surface area is 139 Å². The van der Waals surface area contributed by atoms with E-state index in [0.717, 1.165) is 11.3 Å². The lowest BCUT2D eigenvalue weighted by Crippen LogP contribution is -2.15. The van der Waals surface area contributed by atoms with E-state index in [9.17, 15) is 4.79 Å². The first-order chi connectivity index (χ1) is 11.8. The van der Waals surface area contributed by atoms with Crippen LogP contribution >= 0.6 is 0 Å². The van der Waals surface area contributed by atoms with Gasteiger partial charge in [0, 0.05) is 24.2 Å². The summed E-state index contributed by atoms with van der Waals surface area (Å²) in [5.74, 6) is 1.39. The summed E-state index contributed by atoms with van der Waals surface area (Å²) in [6.45, 7) is 0.832. The average Bonchev–Trinajstić information content (AvgIpc) is 3.10. The van der Waals surface area contributed by atoms with Crippen LogP contribution in [0.25, 0.3) is 5.69 Å². The number of hydrogen-bond donors (Lipinski definition) is 0. The number of benzene rings is 2. The van der Waals surface area contributed by atoms with Crippen molar-refractivity contribution in [3.63, 3.8) is 0 Å². The van der Waals surface area contributed by atoms with Crippen molar-refractivity contribution >= 4 is 5.78 Å². The molecule has 0 unspecified atom stereocenters. The van der Waals surface area contributed by atoms with Gasteiger partial charge in [0.1, 0.15) is 18.1 Å². The predicted octanol–water partition coefficient (Wildman–Crippen LogP) is 3.42. The van der Waals surface area contributed by atoms with Gasteiger partial charge in [0.05, 0.1) is 24.1 Å². The molecule has 0 saturated heterocycles. The van der Waals surface area contributed by atoms with Crippen LogP contribution in [-0.4, -0.2) is 22.2 Å². The molecule has 0 radical (unpaired) electrons. The van der Waals surface area contributed by atoms with E-state index in [1.54, 1.807) is 24.4 Å². The number of carbonyl (C=O) groups is 1. The van der Waals surface area contributed by atoms with Gasteiger partial charge in [-0.3, -0.25) is 4.79 Å². The van der Waals surface area contributed by atoms with E-state index in [0.29, 0.717) is 36.7 Å². The minimum Gasteiger partial charge on any atom is -0.492 e. The van der Waals surface area contributed by atoms with E-state index < -0.39 is 0 Å². The summed E-state index contributed by atoms with van der Waals surface area (Å²) < 4.78 is 13.1. The standard InChI is InChI=1S/C19H16N2O3/c22-18-8-9-23-19-10-16(6-7-17(18)19)24-13-14-11-20-21(12-14)15-4-2-1-3-5-15/h1-7,10-12H,8-9,13H2. The number of rotatable bonds is 4. The van der Waals surface area contributed by atoms with Crippen molar-refractivity contribution in [2.24, 2.45) is 0 Å². The van der Waals surface area contributed by atoms with Crippen molar-refractivity contribution in [1.29, 1.82) is 0 Å². The molecule has 3 aromatic rings.